The molecule has 2 aromatic rings. The fraction of sp³-hybridized carbons (Fsp3) is 0.486. The second kappa shape index (κ2) is 17.3. The van der Waals surface area contributed by atoms with Crippen LogP contribution in [0.5, 0.6) is 0 Å². The van der Waals surface area contributed by atoms with Gasteiger partial charge in [0.2, 0.25) is 11.8 Å². The van der Waals surface area contributed by atoms with Crippen LogP contribution < -0.4 is 16.0 Å². The first-order valence-corrected chi connectivity index (χ1v) is 17.0. The number of nitrogens with one attached hydrogen (secondary N) is 3. The molecule has 6 atom stereocenters. The molecule has 1 heterocycles. The Bertz CT molecular complexity index is 1680. The first-order valence-electron chi connectivity index (χ1n) is 17.0. The van der Waals surface area contributed by atoms with Gasteiger partial charge in [-0.05, 0) is 43.0 Å². The van der Waals surface area contributed by atoms with Crippen molar-refractivity contribution in [3.05, 3.63) is 59.7 Å². The van der Waals surface area contributed by atoms with Crippen LogP contribution in [-0.2, 0) is 57.2 Å². The maximum absolute atomic E-state index is 13.6. The lowest BCUT2D eigenvalue weighted by molar-refractivity contribution is -0.228. The van der Waals surface area contributed by atoms with Gasteiger partial charge >= 0.3 is 30.0 Å². The predicted molar refractivity (Wildman–Crippen MR) is 185 cm³/mol. The molecule has 0 radical (unpaired) electrons. The van der Waals surface area contributed by atoms with E-state index in [0.29, 0.717) is 0 Å². The largest absolute Gasteiger partial charge is 0.463 e. The molecule has 3 amide bonds. The topological polar surface area (TPSA) is 211 Å². The summed E-state index contributed by atoms with van der Waals surface area (Å²) in [6.45, 7) is 8.75. The highest BCUT2D eigenvalue weighted by Gasteiger charge is 2.51. The number of hydrogen-bond acceptors (Lipinski definition) is 13. The van der Waals surface area contributed by atoms with Crippen molar-refractivity contribution >= 4 is 41.8 Å². The highest BCUT2D eigenvalue weighted by atomic mass is 16.6. The van der Waals surface area contributed by atoms with E-state index in [1.165, 1.54) is 0 Å². The Hall–Kier alpha value is -5.51. The first-order chi connectivity index (χ1) is 24.9. The van der Waals surface area contributed by atoms with Crippen LogP contribution in [0.15, 0.2) is 48.5 Å². The molecule has 16 nitrogen and oxygen atoms in total. The minimum Gasteiger partial charge on any atom is -0.463 e. The van der Waals surface area contributed by atoms with Crippen LogP contribution in [0.25, 0.3) is 11.1 Å². The van der Waals surface area contributed by atoms with Gasteiger partial charge < -0.3 is 44.4 Å². The highest BCUT2D eigenvalue weighted by molar-refractivity contribution is 5.88. The zero-order valence-corrected chi connectivity index (χ0v) is 30.6. The van der Waals surface area contributed by atoms with Gasteiger partial charge in [-0.2, -0.15) is 0 Å². The number of rotatable bonds is 12. The van der Waals surface area contributed by atoms with Gasteiger partial charge in [-0.15, -0.1) is 0 Å². The molecule has 4 rings (SSSR count). The number of hydrogen-bond donors (Lipinski definition) is 3. The van der Waals surface area contributed by atoms with E-state index < -0.39 is 97.0 Å². The number of carbonyl (C=O) groups is 7. The lowest BCUT2D eigenvalue weighted by atomic mass is 9.95. The molecule has 1 aliphatic heterocycles. The number of ether oxygens (including phenoxy) is 6. The fourth-order valence-electron chi connectivity index (χ4n) is 6.21. The summed E-state index contributed by atoms with van der Waals surface area (Å²) in [5.41, 5.74) is 2.99. The number of esters is 4. The molecule has 1 aliphatic carbocycles. The van der Waals surface area contributed by atoms with E-state index in [-0.39, 0.29) is 12.5 Å². The number of fused-ring (bicyclic) bond motifs is 3. The van der Waals surface area contributed by atoms with Crippen LogP contribution in [0.3, 0.4) is 0 Å². The van der Waals surface area contributed by atoms with Crippen molar-refractivity contribution in [3.8, 4) is 11.1 Å². The Balaban J connectivity index is 1.54. The van der Waals surface area contributed by atoms with Crippen molar-refractivity contribution in [2.75, 3.05) is 13.2 Å². The lowest BCUT2D eigenvalue weighted by Gasteiger charge is -2.45. The van der Waals surface area contributed by atoms with Gasteiger partial charge in [0.1, 0.15) is 37.0 Å². The Kier molecular flexibility index (Phi) is 13.2. The summed E-state index contributed by atoms with van der Waals surface area (Å²) in [5.74, 6) is -5.04. The van der Waals surface area contributed by atoms with Gasteiger partial charge in [0.15, 0.2) is 18.4 Å². The smallest absolute Gasteiger partial charge is 0.407 e. The minimum absolute atomic E-state index is 0.0633. The van der Waals surface area contributed by atoms with Crippen molar-refractivity contribution in [3.63, 3.8) is 0 Å². The van der Waals surface area contributed by atoms with E-state index in [1.54, 1.807) is 20.8 Å². The second-order valence-electron chi connectivity index (χ2n) is 13.6. The van der Waals surface area contributed by atoms with Crippen LogP contribution in [0, 0.1) is 0 Å². The monoisotopic (exact) mass is 739 g/mol. The summed E-state index contributed by atoms with van der Waals surface area (Å²) in [4.78, 5) is 88.3. The van der Waals surface area contributed by atoms with Crippen molar-refractivity contribution in [2.45, 2.75) is 103 Å². The molecule has 3 N–H and O–H groups in total. The average Bonchev–Trinajstić information content (AvgIpc) is 3.37. The third-order valence-electron chi connectivity index (χ3n) is 8.14. The first kappa shape index (κ1) is 40.3. The van der Waals surface area contributed by atoms with Crippen molar-refractivity contribution in [1.29, 1.82) is 0 Å². The third-order valence-corrected chi connectivity index (χ3v) is 8.14. The van der Waals surface area contributed by atoms with E-state index in [1.807, 2.05) is 48.5 Å². The molecule has 2 aromatic carbocycles. The molecule has 1 saturated heterocycles. The number of carbonyl (C=O) groups excluding carboxylic acids is 7. The van der Waals surface area contributed by atoms with Gasteiger partial charge in [-0.25, -0.2) is 9.59 Å². The van der Waals surface area contributed by atoms with E-state index in [4.69, 9.17) is 28.4 Å². The Labute approximate surface area is 306 Å². The summed E-state index contributed by atoms with van der Waals surface area (Å²) in [6.07, 6.45) is -7.27. The third kappa shape index (κ3) is 11.0. The molecular formula is C37H45N3O13. The van der Waals surface area contributed by atoms with E-state index in [2.05, 4.69) is 16.0 Å². The average molecular weight is 740 g/mol. The van der Waals surface area contributed by atoms with Crippen LogP contribution in [0.4, 0.5) is 4.79 Å². The van der Waals surface area contributed by atoms with Gasteiger partial charge in [0.05, 0.1) is 6.42 Å². The summed E-state index contributed by atoms with van der Waals surface area (Å²) in [5, 5.41) is 7.52. The fourth-order valence-corrected chi connectivity index (χ4v) is 6.21. The normalized spacial score (nSPS) is 21.1. The molecule has 16 heteroatoms. The molecule has 0 bridgehead atoms. The highest BCUT2D eigenvalue weighted by Crippen LogP contribution is 2.44. The number of amides is 3. The molecule has 53 heavy (non-hydrogen) atoms. The van der Waals surface area contributed by atoms with Gasteiger partial charge in [-0.3, -0.25) is 24.0 Å². The molecule has 3 unspecified atom stereocenters. The SMILES string of the molecule is CC(=O)NC1C(OC(C)=O)[C@H](OC(C)=O)C(COC(C)=O)O[C@H]1NC(=O)C[C@H](NC(=O)OCC1c2ccccc2-c2ccccc21)C(=O)OC(C)(C)C. The zero-order chi connectivity index (χ0) is 39.0. The maximum atomic E-state index is 13.6. The van der Waals surface area contributed by atoms with E-state index in [9.17, 15) is 33.6 Å². The van der Waals surface area contributed by atoms with Gasteiger partial charge in [0, 0.05) is 33.6 Å². The van der Waals surface area contributed by atoms with E-state index in [0.717, 1.165) is 49.9 Å². The Morgan fingerprint density at radius 2 is 1.30 bits per heavy atom. The summed E-state index contributed by atoms with van der Waals surface area (Å²) < 4.78 is 33.0. The van der Waals surface area contributed by atoms with Gasteiger partial charge in [0.25, 0.3) is 0 Å². The lowest BCUT2D eigenvalue weighted by Crippen LogP contribution is -2.69. The molecule has 0 saturated carbocycles. The minimum atomic E-state index is -1.55. The number of alkyl carbamates (subject to hydrolysis) is 1. The molecule has 0 spiro atoms. The molecular weight excluding hydrogens is 694 g/mol. The van der Waals surface area contributed by atoms with Crippen LogP contribution >= 0.6 is 0 Å². The summed E-state index contributed by atoms with van der Waals surface area (Å²) >= 11 is 0. The molecule has 0 aromatic heterocycles. The van der Waals surface area contributed by atoms with Crippen LogP contribution in [0.1, 0.15) is 71.9 Å². The van der Waals surface area contributed by atoms with Crippen molar-refractivity contribution in [2.24, 2.45) is 0 Å². The summed E-state index contributed by atoms with van der Waals surface area (Å²) in [6, 6.07) is 12.6. The van der Waals surface area contributed by atoms with Gasteiger partial charge in [-0.1, -0.05) is 48.5 Å². The Morgan fingerprint density at radius 3 is 1.83 bits per heavy atom. The zero-order valence-electron chi connectivity index (χ0n) is 30.6. The van der Waals surface area contributed by atoms with Crippen LogP contribution in [-0.4, -0.2) is 97.2 Å². The molecule has 286 valence electrons. The van der Waals surface area contributed by atoms with Crippen molar-refractivity contribution < 1.29 is 62.0 Å². The van der Waals surface area contributed by atoms with Crippen molar-refractivity contribution in [1.82, 2.24) is 16.0 Å². The van der Waals surface area contributed by atoms with E-state index >= 15 is 0 Å². The quantitative estimate of drug-likeness (QED) is 0.211. The molecule has 1 fully saturated rings. The molecule has 2 aliphatic rings. The number of benzene rings is 2. The maximum Gasteiger partial charge on any atom is 0.407 e. The summed E-state index contributed by atoms with van der Waals surface area (Å²) in [7, 11) is 0. The predicted octanol–water partition coefficient (Wildman–Crippen LogP) is 2.40. The van der Waals surface area contributed by atoms with Crippen LogP contribution in [0.2, 0.25) is 0 Å². The standard InChI is InChI=1S/C37H45N3O13/c1-19(41)38-31-33(51-22(4)44)32(50-21(3)43)29(18-48-20(2)42)52-34(31)40-30(45)16-28(35(46)53-37(5,6)7)39-36(47)49-17-27-25-14-10-8-12-23(25)24-13-9-11-15-26(24)27/h8-15,27-29,31-34H,16-18H2,1-7H3,(H,38,41)(H,39,47)(H,40,45)/t28-,29?,31?,32+,33?,34+/m0/s1. The Morgan fingerprint density at radius 1 is 0.736 bits per heavy atom. The second-order valence-corrected chi connectivity index (χ2v) is 13.6.